The highest BCUT2D eigenvalue weighted by Crippen LogP contribution is 2.36. The topological polar surface area (TPSA) is 40.5 Å². The van der Waals surface area contributed by atoms with Crippen molar-refractivity contribution >= 4 is 17.2 Å². The quantitative estimate of drug-likeness (QED) is 0.920. The van der Waals surface area contributed by atoms with Gasteiger partial charge in [0.25, 0.3) is 0 Å². The van der Waals surface area contributed by atoms with E-state index in [0.29, 0.717) is 24.4 Å². The van der Waals surface area contributed by atoms with Gasteiger partial charge in [-0.15, -0.1) is 11.3 Å². The van der Waals surface area contributed by atoms with Crippen LogP contribution in [0.5, 0.6) is 0 Å². The lowest BCUT2D eigenvalue weighted by Gasteiger charge is -2.37. The van der Waals surface area contributed by atoms with Crippen molar-refractivity contribution in [1.29, 1.82) is 0 Å². The lowest BCUT2D eigenvalue weighted by Crippen LogP contribution is -2.47. The maximum atomic E-state index is 12.3. The van der Waals surface area contributed by atoms with Crippen molar-refractivity contribution in [2.45, 2.75) is 63.1 Å². The molecule has 0 radical (unpaired) electrons. The molecule has 1 aromatic rings. The number of aliphatic hydroxyl groups excluding tert-OH is 1. The Morgan fingerprint density at radius 2 is 2.11 bits per heavy atom. The summed E-state index contributed by atoms with van der Waals surface area (Å²) in [7, 11) is 0. The van der Waals surface area contributed by atoms with Crippen molar-refractivity contribution in [3.63, 3.8) is 0 Å². The molecule has 2 saturated heterocycles. The molecule has 4 heteroatoms. The molecule has 1 aromatic heterocycles. The van der Waals surface area contributed by atoms with E-state index in [9.17, 15) is 9.90 Å². The monoisotopic (exact) mass is 279 g/mol. The van der Waals surface area contributed by atoms with Gasteiger partial charge in [0.05, 0.1) is 6.10 Å². The number of carbonyl (C=O) groups is 1. The van der Waals surface area contributed by atoms with Crippen molar-refractivity contribution < 1.29 is 9.90 Å². The standard InChI is InChI=1S/C15H21NO2S/c17-13-9-11-6-7-12(10-13)16(11)15(18)5-1-3-14-4-2-8-19-14/h2,4,8,11-13,17H,1,3,5-7,9-10H2. The maximum absolute atomic E-state index is 12.3. The van der Waals surface area contributed by atoms with E-state index in [4.69, 9.17) is 0 Å². The van der Waals surface area contributed by atoms with Crippen LogP contribution in [0.3, 0.4) is 0 Å². The molecular formula is C15H21NO2S. The Labute approximate surface area is 118 Å². The van der Waals surface area contributed by atoms with Crippen molar-refractivity contribution in [1.82, 2.24) is 4.90 Å². The number of aliphatic hydroxyl groups is 1. The van der Waals surface area contributed by atoms with Gasteiger partial charge in [0.1, 0.15) is 0 Å². The summed E-state index contributed by atoms with van der Waals surface area (Å²) in [6, 6.07) is 4.82. The summed E-state index contributed by atoms with van der Waals surface area (Å²) in [6.07, 6.45) is 6.15. The van der Waals surface area contributed by atoms with Crippen LogP contribution in [0.25, 0.3) is 0 Å². The Balaban J connectivity index is 1.51. The van der Waals surface area contributed by atoms with E-state index in [0.717, 1.165) is 38.5 Å². The zero-order valence-corrected chi connectivity index (χ0v) is 11.9. The van der Waals surface area contributed by atoms with E-state index in [2.05, 4.69) is 22.4 Å². The first-order chi connectivity index (χ1) is 9.24. The van der Waals surface area contributed by atoms with Gasteiger partial charge in [0, 0.05) is 23.4 Å². The average molecular weight is 279 g/mol. The fourth-order valence-electron chi connectivity index (χ4n) is 3.55. The van der Waals surface area contributed by atoms with Gasteiger partial charge in [0.15, 0.2) is 0 Å². The first-order valence-electron chi connectivity index (χ1n) is 7.25. The Morgan fingerprint density at radius 3 is 2.74 bits per heavy atom. The first-order valence-corrected chi connectivity index (χ1v) is 8.13. The van der Waals surface area contributed by atoms with Crippen LogP contribution in [-0.2, 0) is 11.2 Å². The molecule has 1 N–H and O–H groups in total. The Bertz CT molecular complexity index is 417. The van der Waals surface area contributed by atoms with Crippen molar-refractivity contribution in [3.8, 4) is 0 Å². The van der Waals surface area contributed by atoms with Gasteiger partial charge in [-0.1, -0.05) is 6.07 Å². The van der Waals surface area contributed by atoms with Crippen LogP contribution in [0.4, 0.5) is 0 Å². The molecule has 0 spiro atoms. The molecule has 2 bridgehead atoms. The van der Waals surface area contributed by atoms with Gasteiger partial charge in [0.2, 0.25) is 5.91 Å². The van der Waals surface area contributed by atoms with Crippen LogP contribution in [0.1, 0.15) is 43.4 Å². The molecule has 0 saturated carbocycles. The van der Waals surface area contributed by atoms with Gasteiger partial charge in [-0.05, 0) is 50.0 Å². The second-order valence-electron chi connectivity index (χ2n) is 5.74. The predicted molar refractivity (Wildman–Crippen MR) is 76.2 cm³/mol. The smallest absolute Gasteiger partial charge is 0.223 e. The largest absolute Gasteiger partial charge is 0.393 e. The SMILES string of the molecule is O=C(CCCc1cccs1)N1C2CCC1CC(O)C2. The number of aryl methyl sites for hydroxylation is 1. The van der Waals surface area contributed by atoms with Gasteiger partial charge >= 0.3 is 0 Å². The highest BCUT2D eigenvalue weighted by Gasteiger charge is 2.42. The summed E-state index contributed by atoms with van der Waals surface area (Å²) in [5, 5.41) is 11.8. The number of hydrogen-bond acceptors (Lipinski definition) is 3. The Hall–Kier alpha value is -0.870. The Kier molecular flexibility index (Phi) is 3.89. The zero-order chi connectivity index (χ0) is 13.2. The minimum atomic E-state index is -0.187. The molecule has 2 fully saturated rings. The summed E-state index contributed by atoms with van der Waals surface area (Å²) >= 11 is 1.77. The van der Waals surface area contributed by atoms with Crippen LogP contribution < -0.4 is 0 Å². The molecule has 104 valence electrons. The highest BCUT2D eigenvalue weighted by atomic mass is 32.1. The Morgan fingerprint density at radius 1 is 1.37 bits per heavy atom. The van der Waals surface area contributed by atoms with Gasteiger partial charge in [-0.25, -0.2) is 0 Å². The van der Waals surface area contributed by atoms with Gasteiger partial charge in [-0.2, -0.15) is 0 Å². The number of hydrogen-bond donors (Lipinski definition) is 1. The van der Waals surface area contributed by atoms with Crippen LogP contribution in [0, 0.1) is 0 Å². The molecule has 2 aliphatic rings. The normalized spacial score (nSPS) is 29.7. The van der Waals surface area contributed by atoms with E-state index in [1.54, 1.807) is 11.3 Å². The first kappa shape index (κ1) is 13.1. The fraction of sp³-hybridized carbons (Fsp3) is 0.667. The van der Waals surface area contributed by atoms with Crippen molar-refractivity contribution in [3.05, 3.63) is 22.4 Å². The third-order valence-electron chi connectivity index (χ3n) is 4.39. The predicted octanol–water partition coefficient (Wildman–Crippen LogP) is 2.59. The third kappa shape index (κ3) is 2.84. The van der Waals surface area contributed by atoms with E-state index in [-0.39, 0.29) is 6.10 Å². The van der Waals surface area contributed by atoms with E-state index in [1.165, 1.54) is 4.88 Å². The van der Waals surface area contributed by atoms with Crippen molar-refractivity contribution in [2.24, 2.45) is 0 Å². The minimum absolute atomic E-state index is 0.187. The van der Waals surface area contributed by atoms with E-state index >= 15 is 0 Å². The maximum Gasteiger partial charge on any atom is 0.223 e. The van der Waals surface area contributed by atoms with E-state index in [1.807, 2.05) is 0 Å². The molecule has 3 nitrogen and oxygen atoms in total. The molecule has 0 aliphatic carbocycles. The van der Waals surface area contributed by atoms with Crippen LogP contribution >= 0.6 is 11.3 Å². The second-order valence-corrected chi connectivity index (χ2v) is 6.78. The average Bonchev–Trinajstić information content (AvgIpc) is 2.96. The van der Waals surface area contributed by atoms with Crippen LogP contribution in [0.2, 0.25) is 0 Å². The lowest BCUT2D eigenvalue weighted by molar-refractivity contribution is -0.137. The molecular weight excluding hydrogens is 258 g/mol. The second kappa shape index (κ2) is 5.63. The summed E-state index contributed by atoms with van der Waals surface area (Å²) in [5.74, 6) is 0.302. The molecule has 0 aromatic carbocycles. The number of fused-ring (bicyclic) bond motifs is 2. The van der Waals surface area contributed by atoms with Crippen LogP contribution in [0.15, 0.2) is 17.5 Å². The molecule has 2 aliphatic heterocycles. The number of thiophene rings is 1. The molecule has 1 amide bonds. The number of rotatable bonds is 4. The van der Waals surface area contributed by atoms with Gasteiger partial charge in [-0.3, -0.25) is 4.79 Å². The van der Waals surface area contributed by atoms with Gasteiger partial charge < -0.3 is 10.0 Å². The molecule has 19 heavy (non-hydrogen) atoms. The third-order valence-corrected chi connectivity index (χ3v) is 5.33. The number of carbonyl (C=O) groups excluding carboxylic acids is 1. The summed E-state index contributed by atoms with van der Waals surface area (Å²) < 4.78 is 0. The molecule has 3 heterocycles. The summed E-state index contributed by atoms with van der Waals surface area (Å²) in [6.45, 7) is 0. The number of nitrogens with zero attached hydrogens (tertiary/aromatic N) is 1. The van der Waals surface area contributed by atoms with Crippen LogP contribution in [-0.4, -0.2) is 34.1 Å². The van der Waals surface area contributed by atoms with E-state index < -0.39 is 0 Å². The summed E-state index contributed by atoms with van der Waals surface area (Å²) in [4.78, 5) is 15.8. The number of piperidine rings is 1. The lowest BCUT2D eigenvalue weighted by atomic mass is 9.99. The number of amides is 1. The van der Waals surface area contributed by atoms with Crippen molar-refractivity contribution in [2.75, 3.05) is 0 Å². The summed E-state index contributed by atoms with van der Waals surface area (Å²) in [5.41, 5.74) is 0. The highest BCUT2D eigenvalue weighted by molar-refractivity contribution is 7.09. The molecule has 2 atom stereocenters. The minimum Gasteiger partial charge on any atom is -0.393 e. The molecule has 2 unspecified atom stereocenters. The fourth-order valence-corrected chi connectivity index (χ4v) is 4.30. The zero-order valence-electron chi connectivity index (χ0n) is 11.1. The molecule has 3 rings (SSSR count).